The van der Waals surface area contributed by atoms with Crippen LogP contribution in [-0.4, -0.2) is 34.2 Å². The van der Waals surface area contributed by atoms with Gasteiger partial charge in [-0.15, -0.1) is 0 Å². The first kappa shape index (κ1) is 16.9. The van der Waals surface area contributed by atoms with Crippen LogP contribution in [0.25, 0.3) is 10.9 Å². The summed E-state index contributed by atoms with van der Waals surface area (Å²) in [5.74, 6) is 2.14. The average Bonchev–Trinajstić information content (AvgIpc) is 3.09. The summed E-state index contributed by atoms with van der Waals surface area (Å²) in [6.45, 7) is 5.53. The van der Waals surface area contributed by atoms with Crippen LogP contribution in [0.2, 0.25) is 0 Å². The first-order chi connectivity index (χ1) is 12.7. The Balaban J connectivity index is 1.56. The number of hydrogen-bond acceptors (Lipinski definition) is 5. The molecule has 26 heavy (non-hydrogen) atoms. The lowest BCUT2D eigenvalue weighted by Gasteiger charge is -2.21. The normalized spacial score (nSPS) is 19.8. The van der Waals surface area contributed by atoms with Crippen molar-refractivity contribution < 1.29 is 4.74 Å². The van der Waals surface area contributed by atoms with Crippen LogP contribution < -0.4 is 5.32 Å². The molecule has 3 heterocycles. The Bertz CT molecular complexity index is 906. The van der Waals surface area contributed by atoms with Gasteiger partial charge < -0.3 is 10.1 Å². The topological polar surface area (TPSA) is 59.9 Å². The number of fused-ring (bicyclic) bond motifs is 1. The molecule has 0 saturated carbocycles. The molecule has 0 spiro atoms. The fourth-order valence-electron chi connectivity index (χ4n) is 3.63. The average molecular weight is 348 g/mol. The highest BCUT2D eigenvalue weighted by Crippen LogP contribution is 2.26. The standard InChI is InChI=1S/C21H24N4O/c1-3-15-11-23-14(2)24-21(15)25-20-13-26-12-17(20)10-16-8-9-22-19-7-5-4-6-18(16)19/h4-9,11,17,20H,3,10,12-13H2,1-2H3,(H,23,24,25)/t17-,20-/m1/s1. The molecule has 1 aromatic carbocycles. The predicted octanol–water partition coefficient (Wildman–Crippen LogP) is 3.57. The lowest BCUT2D eigenvalue weighted by molar-refractivity contribution is 0.185. The SMILES string of the molecule is CCc1cnc(C)nc1N[C@@H]1COC[C@H]1Cc1ccnc2ccccc12. The van der Waals surface area contributed by atoms with Crippen molar-refractivity contribution in [1.29, 1.82) is 0 Å². The Hall–Kier alpha value is -2.53. The molecule has 2 atom stereocenters. The van der Waals surface area contributed by atoms with E-state index in [1.165, 1.54) is 10.9 Å². The maximum Gasteiger partial charge on any atom is 0.133 e. The molecule has 3 aromatic rings. The van der Waals surface area contributed by atoms with Gasteiger partial charge in [-0.05, 0) is 37.5 Å². The number of aromatic nitrogens is 3. The molecule has 1 aliphatic rings. The summed E-state index contributed by atoms with van der Waals surface area (Å²) in [6, 6.07) is 10.7. The molecule has 5 nitrogen and oxygen atoms in total. The molecule has 5 heteroatoms. The molecular weight excluding hydrogens is 324 g/mol. The summed E-state index contributed by atoms with van der Waals surface area (Å²) in [5.41, 5.74) is 3.52. The van der Waals surface area contributed by atoms with Crippen LogP contribution in [0.5, 0.6) is 0 Å². The van der Waals surface area contributed by atoms with Gasteiger partial charge in [0.25, 0.3) is 0 Å². The maximum atomic E-state index is 5.81. The zero-order chi connectivity index (χ0) is 17.9. The van der Waals surface area contributed by atoms with E-state index in [0.717, 1.165) is 42.2 Å². The summed E-state index contributed by atoms with van der Waals surface area (Å²) in [4.78, 5) is 13.4. The van der Waals surface area contributed by atoms with Gasteiger partial charge in [-0.25, -0.2) is 9.97 Å². The lowest BCUT2D eigenvalue weighted by Crippen LogP contribution is -2.30. The molecule has 0 amide bonds. The van der Waals surface area contributed by atoms with Crippen LogP contribution in [0.4, 0.5) is 5.82 Å². The van der Waals surface area contributed by atoms with E-state index in [1.807, 2.05) is 25.4 Å². The summed E-state index contributed by atoms with van der Waals surface area (Å²) in [5, 5.41) is 4.86. The van der Waals surface area contributed by atoms with E-state index in [2.05, 4.69) is 51.5 Å². The monoisotopic (exact) mass is 348 g/mol. The molecule has 1 saturated heterocycles. The number of para-hydroxylation sites is 1. The van der Waals surface area contributed by atoms with Crippen molar-refractivity contribution in [3.05, 3.63) is 59.7 Å². The maximum absolute atomic E-state index is 5.81. The molecule has 0 aliphatic carbocycles. The second-order valence-corrected chi connectivity index (χ2v) is 6.88. The number of hydrogen-bond donors (Lipinski definition) is 1. The van der Waals surface area contributed by atoms with Gasteiger partial charge in [0.15, 0.2) is 0 Å². The Morgan fingerprint density at radius 2 is 2.00 bits per heavy atom. The Morgan fingerprint density at radius 1 is 1.12 bits per heavy atom. The number of aryl methyl sites for hydroxylation is 2. The van der Waals surface area contributed by atoms with Crippen molar-refractivity contribution in [2.75, 3.05) is 18.5 Å². The van der Waals surface area contributed by atoms with Gasteiger partial charge in [0, 0.05) is 29.3 Å². The van der Waals surface area contributed by atoms with Gasteiger partial charge in [-0.1, -0.05) is 25.1 Å². The van der Waals surface area contributed by atoms with E-state index >= 15 is 0 Å². The van der Waals surface area contributed by atoms with Crippen molar-refractivity contribution in [3.8, 4) is 0 Å². The number of rotatable bonds is 5. The van der Waals surface area contributed by atoms with E-state index in [-0.39, 0.29) is 6.04 Å². The third-order valence-electron chi connectivity index (χ3n) is 5.11. The predicted molar refractivity (Wildman–Crippen MR) is 103 cm³/mol. The minimum absolute atomic E-state index is 0.251. The van der Waals surface area contributed by atoms with Crippen LogP contribution in [-0.2, 0) is 17.6 Å². The summed E-state index contributed by atoms with van der Waals surface area (Å²) >= 11 is 0. The van der Waals surface area contributed by atoms with E-state index < -0.39 is 0 Å². The summed E-state index contributed by atoms with van der Waals surface area (Å²) < 4.78 is 5.81. The fraction of sp³-hybridized carbons (Fsp3) is 0.381. The van der Waals surface area contributed by atoms with Gasteiger partial charge in [0.05, 0.1) is 24.8 Å². The van der Waals surface area contributed by atoms with Crippen LogP contribution in [0, 0.1) is 12.8 Å². The van der Waals surface area contributed by atoms with E-state index in [4.69, 9.17) is 4.74 Å². The fourth-order valence-corrected chi connectivity index (χ4v) is 3.63. The molecule has 0 unspecified atom stereocenters. The van der Waals surface area contributed by atoms with Crippen LogP contribution in [0.1, 0.15) is 23.9 Å². The first-order valence-electron chi connectivity index (χ1n) is 9.24. The van der Waals surface area contributed by atoms with E-state index in [9.17, 15) is 0 Å². The molecule has 1 aliphatic heterocycles. The van der Waals surface area contributed by atoms with Crippen LogP contribution in [0.3, 0.4) is 0 Å². The Kier molecular flexibility index (Phi) is 4.80. The zero-order valence-electron chi connectivity index (χ0n) is 15.3. The van der Waals surface area contributed by atoms with Crippen molar-refractivity contribution in [3.63, 3.8) is 0 Å². The molecule has 0 bridgehead atoms. The minimum Gasteiger partial charge on any atom is -0.379 e. The van der Waals surface area contributed by atoms with Gasteiger partial charge >= 0.3 is 0 Å². The Morgan fingerprint density at radius 3 is 2.88 bits per heavy atom. The number of nitrogens with zero attached hydrogens (tertiary/aromatic N) is 3. The van der Waals surface area contributed by atoms with Gasteiger partial charge in [-0.2, -0.15) is 0 Å². The molecule has 134 valence electrons. The number of nitrogens with one attached hydrogen (secondary N) is 1. The number of benzene rings is 1. The Labute approximate surface area is 153 Å². The van der Waals surface area contributed by atoms with Crippen LogP contribution >= 0.6 is 0 Å². The summed E-state index contributed by atoms with van der Waals surface area (Å²) in [7, 11) is 0. The third-order valence-corrected chi connectivity index (χ3v) is 5.11. The van der Waals surface area contributed by atoms with Crippen molar-refractivity contribution in [1.82, 2.24) is 15.0 Å². The van der Waals surface area contributed by atoms with Gasteiger partial charge in [0.2, 0.25) is 0 Å². The smallest absolute Gasteiger partial charge is 0.133 e. The lowest BCUT2D eigenvalue weighted by atomic mass is 9.93. The zero-order valence-corrected chi connectivity index (χ0v) is 15.3. The number of pyridine rings is 1. The first-order valence-corrected chi connectivity index (χ1v) is 9.24. The molecule has 4 rings (SSSR count). The highest BCUT2D eigenvalue weighted by atomic mass is 16.5. The molecule has 0 radical (unpaired) electrons. The highest BCUT2D eigenvalue weighted by Gasteiger charge is 2.29. The van der Waals surface area contributed by atoms with E-state index in [0.29, 0.717) is 12.5 Å². The molecule has 1 fully saturated rings. The molecule has 1 N–H and O–H groups in total. The summed E-state index contributed by atoms with van der Waals surface area (Å²) in [6.07, 6.45) is 5.70. The van der Waals surface area contributed by atoms with Gasteiger partial charge in [-0.3, -0.25) is 4.98 Å². The highest BCUT2D eigenvalue weighted by molar-refractivity contribution is 5.81. The second kappa shape index (κ2) is 7.38. The number of ether oxygens (including phenoxy) is 1. The van der Waals surface area contributed by atoms with Crippen LogP contribution in [0.15, 0.2) is 42.7 Å². The van der Waals surface area contributed by atoms with Crippen molar-refractivity contribution in [2.24, 2.45) is 5.92 Å². The van der Waals surface area contributed by atoms with Crippen molar-refractivity contribution >= 4 is 16.7 Å². The third kappa shape index (κ3) is 3.40. The minimum atomic E-state index is 0.251. The van der Waals surface area contributed by atoms with Gasteiger partial charge in [0.1, 0.15) is 11.6 Å². The van der Waals surface area contributed by atoms with Crippen molar-refractivity contribution in [2.45, 2.75) is 32.7 Å². The largest absolute Gasteiger partial charge is 0.379 e. The quantitative estimate of drug-likeness (QED) is 0.764. The second-order valence-electron chi connectivity index (χ2n) is 6.88. The van der Waals surface area contributed by atoms with E-state index in [1.54, 1.807) is 0 Å². The molecular formula is C21H24N4O. The number of anilines is 1. The molecule has 2 aromatic heterocycles.